The number of rotatable bonds is 2. The molecule has 4 nitrogen and oxygen atoms in total. The number of nitrogens with one attached hydrogen (secondary N) is 1. The lowest BCUT2D eigenvalue weighted by Crippen LogP contribution is -2.15. The van der Waals surface area contributed by atoms with Crippen LogP contribution in [0, 0.1) is 13.8 Å². The summed E-state index contributed by atoms with van der Waals surface area (Å²) in [5, 5.41) is 2.92. The molecule has 2 aromatic carbocycles. The molecule has 3 aromatic rings. The lowest BCUT2D eigenvalue weighted by Gasteiger charge is -2.11. The smallest absolute Gasteiger partial charge is 0.275 e. The van der Waals surface area contributed by atoms with E-state index in [2.05, 4.69) is 15.3 Å². The fourth-order valence-corrected chi connectivity index (χ4v) is 2.26. The van der Waals surface area contributed by atoms with E-state index in [-0.39, 0.29) is 5.91 Å². The zero-order valence-electron chi connectivity index (χ0n) is 11.9. The molecule has 1 heterocycles. The summed E-state index contributed by atoms with van der Waals surface area (Å²) in [6, 6.07) is 13.4. The fraction of sp³-hybridized carbons (Fsp3) is 0.118. The van der Waals surface area contributed by atoms with E-state index in [1.165, 1.54) is 6.20 Å². The van der Waals surface area contributed by atoms with Gasteiger partial charge in [-0.3, -0.25) is 9.78 Å². The summed E-state index contributed by atoms with van der Waals surface area (Å²) in [6.07, 6.45) is 1.51. The van der Waals surface area contributed by atoms with Gasteiger partial charge in [-0.05, 0) is 37.1 Å². The van der Waals surface area contributed by atoms with E-state index >= 15 is 0 Å². The highest BCUT2D eigenvalue weighted by Gasteiger charge is 2.12. The van der Waals surface area contributed by atoms with E-state index in [1.807, 2.05) is 56.3 Å². The predicted octanol–water partition coefficient (Wildman–Crippen LogP) is 3.50. The van der Waals surface area contributed by atoms with Crippen LogP contribution >= 0.6 is 0 Å². The normalized spacial score (nSPS) is 10.6. The van der Waals surface area contributed by atoms with Crippen molar-refractivity contribution in [1.29, 1.82) is 0 Å². The van der Waals surface area contributed by atoms with Crippen LogP contribution in [0.25, 0.3) is 11.0 Å². The number of benzene rings is 2. The van der Waals surface area contributed by atoms with Gasteiger partial charge in [0.15, 0.2) is 0 Å². The standard InChI is InChI=1S/C17H15N3O/c1-11-6-5-7-12(2)16(11)20-17(21)15-10-18-13-8-3-4-9-14(13)19-15/h3-10H,1-2H3,(H,20,21). The minimum absolute atomic E-state index is 0.245. The van der Waals surface area contributed by atoms with Gasteiger partial charge in [0, 0.05) is 5.69 Å². The van der Waals surface area contributed by atoms with Gasteiger partial charge in [0.2, 0.25) is 0 Å². The first-order valence-corrected chi connectivity index (χ1v) is 6.74. The van der Waals surface area contributed by atoms with Crippen molar-refractivity contribution < 1.29 is 4.79 Å². The Morgan fingerprint density at radius 2 is 1.62 bits per heavy atom. The Bertz CT molecular complexity index is 807. The molecule has 0 saturated heterocycles. The average Bonchev–Trinajstić information content (AvgIpc) is 2.50. The number of hydrogen-bond donors (Lipinski definition) is 1. The molecule has 1 amide bonds. The van der Waals surface area contributed by atoms with Crippen molar-refractivity contribution in [2.24, 2.45) is 0 Å². The molecule has 0 fully saturated rings. The topological polar surface area (TPSA) is 54.9 Å². The minimum atomic E-state index is -0.245. The first-order chi connectivity index (χ1) is 10.1. The van der Waals surface area contributed by atoms with Gasteiger partial charge in [-0.2, -0.15) is 0 Å². The van der Waals surface area contributed by atoms with Crippen LogP contribution in [-0.2, 0) is 0 Å². The molecular weight excluding hydrogens is 262 g/mol. The second-order valence-electron chi connectivity index (χ2n) is 4.96. The summed E-state index contributed by atoms with van der Waals surface area (Å²) in [6.45, 7) is 3.93. The minimum Gasteiger partial charge on any atom is -0.320 e. The molecule has 0 radical (unpaired) electrons. The van der Waals surface area contributed by atoms with E-state index < -0.39 is 0 Å². The third kappa shape index (κ3) is 2.60. The molecule has 0 spiro atoms. The second kappa shape index (κ2) is 5.32. The number of hydrogen-bond acceptors (Lipinski definition) is 3. The number of nitrogens with zero attached hydrogens (tertiary/aromatic N) is 2. The van der Waals surface area contributed by atoms with Crippen LogP contribution in [0.5, 0.6) is 0 Å². The Morgan fingerprint density at radius 1 is 0.952 bits per heavy atom. The summed E-state index contributed by atoms with van der Waals surface area (Å²) in [5.74, 6) is -0.245. The maximum Gasteiger partial charge on any atom is 0.275 e. The lowest BCUT2D eigenvalue weighted by molar-refractivity contribution is 0.102. The number of carbonyl (C=O) groups is 1. The van der Waals surface area contributed by atoms with E-state index in [1.54, 1.807) is 0 Å². The van der Waals surface area contributed by atoms with Gasteiger partial charge in [-0.25, -0.2) is 4.98 Å². The number of carbonyl (C=O) groups excluding carboxylic acids is 1. The lowest BCUT2D eigenvalue weighted by atomic mass is 10.1. The summed E-state index contributed by atoms with van der Waals surface area (Å²) in [7, 11) is 0. The largest absolute Gasteiger partial charge is 0.320 e. The Balaban J connectivity index is 1.94. The predicted molar refractivity (Wildman–Crippen MR) is 83.4 cm³/mol. The van der Waals surface area contributed by atoms with Crippen molar-refractivity contribution in [2.75, 3.05) is 5.32 Å². The van der Waals surface area contributed by atoms with Crippen LogP contribution < -0.4 is 5.32 Å². The number of fused-ring (bicyclic) bond motifs is 1. The summed E-state index contributed by atoms with van der Waals surface area (Å²) in [5.41, 5.74) is 4.69. The Morgan fingerprint density at radius 3 is 2.33 bits per heavy atom. The van der Waals surface area contributed by atoms with Crippen molar-refractivity contribution in [3.63, 3.8) is 0 Å². The van der Waals surface area contributed by atoms with Gasteiger partial charge in [-0.1, -0.05) is 30.3 Å². The maximum absolute atomic E-state index is 12.3. The highest BCUT2D eigenvalue weighted by atomic mass is 16.1. The monoisotopic (exact) mass is 277 g/mol. The van der Waals surface area contributed by atoms with Crippen LogP contribution in [-0.4, -0.2) is 15.9 Å². The molecule has 21 heavy (non-hydrogen) atoms. The van der Waals surface area contributed by atoms with Crippen LogP contribution in [0.15, 0.2) is 48.7 Å². The Kier molecular flexibility index (Phi) is 3.36. The molecule has 0 atom stereocenters. The molecule has 4 heteroatoms. The van der Waals surface area contributed by atoms with E-state index in [9.17, 15) is 4.79 Å². The summed E-state index contributed by atoms with van der Waals surface area (Å²) < 4.78 is 0. The Hall–Kier alpha value is -2.75. The quantitative estimate of drug-likeness (QED) is 0.780. The van der Waals surface area contributed by atoms with Gasteiger partial charge < -0.3 is 5.32 Å². The van der Waals surface area contributed by atoms with E-state index in [4.69, 9.17) is 0 Å². The van der Waals surface area contributed by atoms with Gasteiger partial charge in [-0.15, -0.1) is 0 Å². The molecule has 0 aliphatic heterocycles. The molecular formula is C17H15N3O. The zero-order valence-corrected chi connectivity index (χ0v) is 11.9. The molecule has 1 aromatic heterocycles. The summed E-state index contributed by atoms with van der Waals surface area (Å²) in [4.78, 5) is 21.0. The van der Waals surface area contributed by atoms with E-state index in [0.29, 0.717) is 11.2 Å². The molecule has 1 N–H and O–H groups in total. The molecule has 0 saturated carbocycles. The molecule has 0 aliphatic carbocycles. The molecule has 0 bridgehead atoms. The second-order valence-corrected chi connectivity index (χ2v) is 4.96. The van der Waals surface area contributed by atoms with Gasteiger partial charge in [0.1, 0.15) is 5.69 Å². The molecule has 0 unspecified atom stereocenters. The highest BCUT2D eigenvalue weighted by molar-refractivity contribution is 6.04. The van der Waals surface area contributed by atoms with Gasteiger partial charge in [0.25, 0.3) is 5.91 Å². The number of aryl methyl sites for hydroxylation is 2. The Labute approximate surface area is 122 Å². The van der Waals surface area contributed by atoms with Crippen LogP contribution in [0.4, 0.5) is 5.69 Å². The van der Waals surface area contributed by atoms with Gasteiger partial charge >= 0.3 is 0 Å². The highest BCUT2D eigenvalue weighted by Crippen LogP contribution is 2.20. The fourth-order valence-electron chi connectivity index (χ4n) is 2.26. The van der Waals surface area contributed by atoms with Crippen LogP contribution in [0.1, 0.15) is 21.6 Å². The average molecular weight is 277 g/mol. The first kappa shape index (κ1) is 13.2. The number of anilines is 1. The number of amides is 1. The SMILES string of the molecule is Cc1cccc(C)c1NC(=O)c1cnc2ccccc2n1. The molecule has 3 rings (SSSR count). The molecule has 0 aliphatic rings. The van der Waals surface area contributed by atoms with E-state index in [0.717, 1.165) is 22.3 Å². The third-order valence-corrected chi connectivity index (χ3v) is 3.40. The van der Waals surface area contributed by atoms with Crippen molar-refractivity contribution in [3.8, 4) is 0 Å². The summed E-state index contributed by atoms with van der Waals surface area (Å²) >= 11 is 0. The van der Waals surface area contributed by atoms with Crippen LogP contribution in [0.3, 0.4) is 0 Å². The van der Waals surface area contributed by atoms with Gasteiger partial charge in [0.05, 0.1) is 17.2 Å². The number of para-hydroxylation sites is 3. The van der Waals surface area contributed by atoms with Crippen molar-refractivity contribution in [1.82, 2.24) is 9.97 Å². The zero-order chi connectivity index (χ0) is 14.8. The van der Waals surface area contributed by atoms with Crippen molar-refractivity contribution in [2.45, 2.75) is 13.8 Å². The number of aromatic nitrogens is 2. The molecule has 104 valence electrons. The third-order valence-electron chi connectivity index (χ3n) is 3.40. The first-order valence-electron chi connectivity index (χ1n) is 6.74. The van der Waals surface area contributed by atoms with Crippen LogP contribution in [0.2, 0.25) is 0 Å². The van der Waals surface area contributed by atoms with Crippen molar-refractivity contribution in [3.05, 3.63) is 65.5 Å². The maximum atomic E-state index is 12.3. The van der Waals surface area contributed by atoms with Crippen molar-refractivity contribution >= 4 is 22.6 Å².